The van der Waals surface area contributed by atoms with Gasteiger partial charge >= 0.3 is 0 Å². The first-order valence-corrected chi connectivity index (χ1v) is 5.76. The first-order chi connectivity index (χ1) is 9.24. The van der Waals surface area contributed by atoms with Crippen LogP contribution in [0.1, 0.15) is 17.3 Å². The summed E-state index contributed by atoms with van der Waals surface area (Å²) in [5.74, 6) is 6.56. The van der Waals surface area contributed by atoms with Gasteiger partial charge in [0.05, 0.1) is 18.8 Å². The molecule has 7 heteroatoms. The summed E-state index contributed by atoms with van der Waals surface area (Å²) in [5, 5.41) is 0. The van der Waals surface area contributed by atoms with E-state index >= 15 is 0 Å². The van der Waals surface area contributed by atoms with Crippen molar-refractivity contribution < 1.29 is 4.74 Å². The van der Waals surface area contributed by atoms with Crippen molar-refractivity contribution in [1.82, 2.24) is 20.4 Å². The quantitative estimate of drug-likeness (QED) is 0.520. The third-order valence-electron chi connectivity index (χ3n) is 2.78. The maximum absolute atomic E-state index is 5.82. The summed E-state index contributed by atoms with van der Waals surface area (Å²) in [6.07, 6.45) is 3.67. The standard InChI is InChI=1S/C12H16N6O/c1-19-11-6-9(16-7-17-11)10(18-14)5-8-3-2-4-15-12(8)13/h2-4,6-7,10,18H,5,14H2,1H3,(H2,13,15). The fourth-order valence-electron chi connectivity index (χ4n) is 1.75. The van der Waals surface area contributed by atoms with E-state index in [2.05, 4.69) is 20.4 Å². The maximum atomic E-state index is 5.82. The van der Waals surface area contributed by atoms with Crippen LogP contribution in [0, 0.1) is 0 Å². The van der Waals surface area contributed by atoms with Gasteiger partial charge in [0.1, 0.15) is 12.1 Å². The fourth-order valence-corrected chi connectivity index (χ4v) is 1.75. The highest BCUT2D eigenvalue weighted by molar-refractivity contribution is 5.39. The second kappa shape index (κ2) is 6.07. The van der Waals surface area contributed by atoms with Crippen molar-refractivity contribution in [3.8, 4) is 5.88 Å². The lowest BCUT2D eigenvalue weighted by atomic mass is 10.0. The molecule has 5 N–H and O–H groups in total. The molecule has 0 aromatic carbocycles. The first kappa shape index (κ1) is 13.2. The van der Waals surface area contributed by atoms with Crippen molar-refractivity contribution >= 4 is 5.82 Å². The van der Waals surface area contributed by atoms with Crippen LogP contribution in [0.2, 0.25) is 0 Å². The minimum atomic E-state index is -0.191. The van der Waals surface area contributed by atoms with Crippen molar-refractivity contribution in [1.29, 1.82) is 0 Å². The van der Waals surface area contributed by atoms with Crippen molar-refractivity contribution in [2.45, 2.75) is 12.5 Å². The molecule has 0 saturated carbocycles. The number of nitrogens with two attached hydrogens (primary N) is 2. The Hall–Kier alpha value is -2.25. The van der Waals surface area contributed by atoms with Crippen LogP contribution in [0.3, 0.4) is 0 Å². The number of methoxy groups -OCH3 is 1. The highest BCUT2D eigenvalue weighted by Crippen LogP contribution is 2.20. The lowest BCUT2D eigenvalue weighted by Gasteiger charge is -2.16. The van der Waals surface area contributed by atoms with Crippen molar-refractivity contribution in [3.63, 3.8) is 0 Å². The molecular formula is C12H16N6O. The molecule has 7 nitrogen and oxygen atoms in total. The SMILES string of the molecule is COc1cc(C(Cc2cccnc2N)NN)ncn1. The van der Waals surface area contributed by atoms with Crippen LogP contribution in [0.15, 0.2) is 30.7 Å². The van der Waals surface area contributed by atoms with E-state index < -0.39 is 0 Å². The van der Waals surface area contributed by atoms with E-state index in [1.807, 2.05) is 12.1 Å². The number of pyridine rings is 1. The van der Waals surface area contributed by atoms with Crippen LogP contribution in [-0.4, -0.2) is 22.1 Å². The summed E-state index contributed by atoms with van der Waals surface area (Å²) in [6.45, 7) is 0. The summed E-state index contributed by atoms with van der Waals surface area (Å²) in [6, 6.07) is 5.28. The summed E-state index contributed by atoms with van der Waals surface area (Å²) >= 11 is 0. The van der Waals surface area contributed by atoms with Gasteiger partial charge in [-0.1, -0.05) is 6.07 Å². The van der Waals surface area contributed by atoms with Gasteiger partial charge in [0.2, 0.25) is 5.88 Å². The van der Waals surface area contributed by atoms with Crippen LogP contribution >= 0.6 is 0 Å². The Kier molecular flexibility index (Phi) is 4.22. The second-order valence-corrected chi connectivity index (χ2v) is 3.96. The third-order valence-corrected chi connectivity index (χ3v) is 2.78. The molecule has 1 atom stereocenters. The summed E-state index contributed by atoms with van der Waals surface area (Å²) in [4.78, 5) is 12.2. The zero-order chi connectivity index (χ0) is 13.7. The van der Waals surface area contributed by atoms with E-state index in [1.54, 1.807) is 19.4 Å². The summed E-state index contributed by atoms with van der Waals surface area (Å²) in [7, 11) is 1.55. The van der Waals surface area contributed by atoms with Crippen molar-refractivity contribution in [2.75, 3.05) is 12.8 Å². The number of nitrogen functional groups attached to an aromatic ring is 1. The number of hydrogen-bond donors (Lipinski definition) is 3. The molecule has 0 saturated heterocycles. The number of hydrogen-bond acceptors (Lipinski definition) is 7. The molecule has 0 amide bonds. The van der Waals surface area contributed by atoms with Crippen molar-refractivity contribution in [2.24, 2.45) is 5.84 Å². The molecule has 19 heavy (non-hydrogen) atoms. The van der Waals surface area contributed by atoms with Crippen LogP contribution in [0.25, 0.3) is 0 Å². The zero-order valence-electron chi connectivity index (χ0n) is 10.6. The molecule has 0 aliphatic carbocycles. The van der Waals surface area contributed by atoms with Gasteiger partial charge in [0.25, 0.3) is 0 Å². The molecule has 2 aromatic rings. The van der Waals surface area contributed by atoms with Gasteiger partial charge in [0.15, 0.2) is 0 Å². The Labute approximate surface area is 111 Å². The molecule has 0 aliphatic heterocycles. The van der Waals surface area contributed by atoms with E-state index in [0.29, 0.717) is 18.1 Å². The molecule has 1 unspecified atom stereocenters. The highest BCUT2D eigenvalue weighted by Gasteiger charge is 2.15. The molecule has 0 spiro atoms. The van der Waals surface area contributed by atoms with Gasteiger partial charge < -0.3 is 10.5 Å². The van der Waals surface area contributed by atoms with Gasteiger partial charge in [-0.15, -0.1) is 0 Å². The fraction of sp³-hybridized carbons (Fsp3) is 0.250. The monoisotopic (exact) mass is 260 g/mol. The predicted molar refractivity (Wildman–Crippen MR) is 71.0 cm³/mol. The molecule has 0 fully saturated rings. The number of nitrogens with one attached hydrogen (secondary N) is 1. The number of ether oxygens (including phenoxy) is 1. The summed E-state index contributed by atoms with van der Waals surface area (Å²) in [5.41, 5.74) is 10.2. The van der Waals surface area contributed by atoms with Crippen LogP contribution in [0.4, 0.5) is 5.82 Å². The molecule has 100 valence electrons. The molecule has 2 rings (SSSR count). The largest absolute Gasteiger partial charge is 0.481 e. The van der Waals surface area contributed by atoms with E-state index in [9.17, 15) is 0 Å². The Balaban J connectivity index is 2.22. The molecule has 0 radical (unpaired) electrons. The maximum Gasteiger partial charge on any atom is 0.216 e. The van der Waals surface area contributed by atoms with E-state index in [0.717, 1.165) is 11.3 Å². The highest BCUT2D eigenvalue weighted by atomic mass is 16.5. The van der Waals surface area contributed by atoms with Gasteiger partial charge in [-0.05, 0) is 18.1 Å². The first-order valence-electron chi connectivity index (χ1n) is 5.76. The molecule has 0 bridgehead atoms. The molecule has 2 aromatic heterocycles. The molecule has 2 heterocycles. The third kappa shape index (κ3) is 3.15. The number of rotatable bonds is 5. The van der Waals surface area contributed by atoms with Crippen molar-refractivity contribution in [3.05, 3.63) is 42.0 Å². The topological polar surface area (TPSA) is 112 Å². The minimum Gasteiger partial charge on any atom is -0.481 e. The Morgan fingerprint density at radius 3 is 2.89 bits per heavy atom. The number of nitrogens with zero attached hydrogens (tertiary/aromatic N) is 3. The zero-order valence-corrected chi connectivity index (χ0v) is 10.6. The number of anilines is 1. The lowest BCUT2D eigenvalue weighted by molar-refractivity contribution is 0.393. The van der Waals surface area contributed by atoms with E-state index in [-0.39, 0.29) is 6.04 Å². The Morgan fingerprint density at radius 1 is 1.37 bits per heavy atom. The van der Waals surface area contributed by atoms with Gasteiger partial charge in [0, 0.05) is 12.3 Å². The lowest BCUT2D eigenvalue weighted by Crippen LogP contribution is -2.30. The van der Waals surface area contributed by atoms with Gasteiger partial charge in [-0.3, -0.25) is 11.3 Å². The predicted octanol–water partition coefficient (Wildman–Crippen LogP) is 0.209. The molecule has 0 aliphatic rings. The van der Waals surface area contributed by atoms with Crippen LogP contribution in [0.5, 0.6) is 5.88 Å². The average molecular weight is 260 g/mol. The Morgan fingerprint density at radius 2 is 2.21 bits per heavy atom. The number of aromatic nitrogens is 3. The smallest absolute Gasteiger partial charge is 0.216 e. The van der Waals surface area contributed by atoms with E-state index in [1.165, 1.54) is 6.33 Å². The van der Waals surface area contributed by atoms with Gasteiger partial charge in [-0.25, -0.2) is 15.0 Å². The van der Waals surface area contributed by atoms with Crippen LogP contribution in [-0.2, 0) is 6.42 Å². The number of hydrazine groups is 1. The van der Waals surface area contributed by atoms with Gasteiger partial charge in [-0.2, -0.15) is 0 Å². The minimum absolute atomic E-state index is 0.191. The second-order valence-electron chi connectivity index (χ2n) is 3.96. The van der Waals surface area contributed by atoms with Crippen LogP contribution < -0.4 is 21.7 Å². The normalized spacial score (nSPS) is 12.1. The Bertz CT molecular complexity index is 547. The average Bonchev–Trinajstić information content (AvgIpc) is 2.46. The van der Waals surface area contributed by atoms with E-state index in [4.69, 9.17) is 16.3 Å². The molecular weight excluding hydrogens is 244 g/mol. The summed E-state index contributed by atoms with van der Waals surface area (Å²) < 4.78 is 5.07.